The van der Waals surface area contributed by atoms with E-state index in [1.165, 1.54) is 43.7 Å². The van der Waals surface area contributed by atoms with E-state index in [-0.39, 0.29) is 0 Å². The van der Waals surface area contributed by atoms with E-state index in [2.05, 4.69) is 173 Å². The number of nitrogens with zero attached hydrogens (tertiary/aromatic N) is 3. The number of oxazole rings is 1. The fourth-order valence-electron chi connectivity index (χ4n) is 7.32. The first-order valence-corrected chi connectivity index (χ1v) is 17.2. The molecule has 0 N–H and O–H groups in total. The highest BCUT2D eigenvalue weighted by Crippen LogP contribution is 2.41. The molecule has 10 aromatic rings. The van der Waals surface area contributed by atoms with Crippen LogP contribution in [0.1, 0.15) is 0 Å². The van der Waals surface area contributed by atoms with Crippen molar-refractivity contribution in [1.29, 1.82) is 0 Å². The van der Waals surface area contributed by atoms with E-state index >= 15 is 0 Å². The number of aromatic nitrogens is 2. The summed E-state index contributed by atoms with van der Waals surface area (Å²) < 4.78 is 8.46. The van der Waals surface area contributed by atoms with Crippen molar-refractivity contribution in [3.8, 4) is 28.3 Å². The second kappa shape index (κ2) is 11.9. The van der Waals surface area contributed by atoms with Crippen molar-refractivity contribution in [3.63, 3.8) is 0 Å². The molecule has 8 aromatic carbocycles. The molecule has 0 atom stereocenters. The lowest BCUT2D eigenvalue weighted by molar-refractivity contribution is 0.620. The van der Waals surface area contributed by atoms with E-state index in [1.54, 1.807) is 0 Å². The van der Waals surface area contributed by atoms with Gasteiger partial charge in [-0.25, -0.2) is 4.98 Å². The molecule has 0 aliphatic carbocycles. The SMILES string of the molecule is c1ccc(-n2c3ccccc3c3cc(N(c4ccc(-c5ccc6ccccc6c5)cc4)c4ccc(-c5nc6ccccc6o5)cc4)ccc32)cc1. The lowest BCUT2D eigenvalue weighted by Crippen LogP contribution is -2.10. The van der Waals surface area contributed by atoms with Gasteiger partial charge >= 0.3 is 0 Å². The number of hydrogen-bond donors (Lipinski definition) is 0. The van der Waals surface area contributed by atoms with Gasteiger partial charge in [0.15, 0.2) is 5.58 Å². The van der Waals surface area contributed by atoms with Crippen molar-refractivity contribution < 1.29 is 4.42 Å². The maximum Gasteiger partial charge on any atom is 0.227 e. The van der Waals surface area contributed by atoms with Gasteiger partial charge < -0.3 is 13.9 Å². The Bertz CT molecular complexity index is 2820. The van der Waals surface area contributed by atoms with E-state index in [0.29, 0.717) is 5.89 Å². The highest BCUT2D eigenvalue weighted by molar-refractivity contribution is 6.10. The third kappa shape index (κ3) is 5.04. The normalized spacial score (nSPS) is 11.5. The third-order valence-electron chi connectivity index (χ3n) is 9.80. The Morgan fingerprint density at radius 1 is 0.431 bits per heavy atom. The van der Waals surface area contributed by atoms with Crippen molar-refractivity contribution in [2.24, 2.45) is 0 Å². The standard InChI is InChI=1S/C47H31N3O/c1-2-12-37(13-3-1)50-44-16-8-6-14-41(44)42-31-40(28-29-45(42)50)49(39-26-22-34(23-27-39)47-48-43-15-7-9-17-46(43)51-47)38-24-20-33(21-25-38)36-19-18-32-10-4-5-11-35(32)30-36/h1-31H. The summed E-state index contributed by atoms with van der Waals surface area (Å²) in [5.41, 5.74) is 11.6. The van der Waals surface area contributed by atoms with Gasteiger partial charge in [-0.05, 0) is 113 Å². The minimum atomic E-state index is 0.615. The first kappa shape index (κ1) is 29.0. The Morgan fingerprint density at radius 3 is 1.86 bits per heavy atom. The van der Waals surface area contributed by atoms with Crippen molar-refractivity contribution in [2.75, 3.05) is 4.90 Å². The quantitative estimate of drug-likeness (QED) is 0.179. The number of benzene rings is 8. The zero-order valence-electron chi connectivity index (χ0n) is 27.6. The monoisotopic (exact) mass is 653 g/mol. The number of anilines is 3. The van der Waals surface area contributed by atoms with Gasteiger partial charge in [0.05, 0.1) is 11.0 Å². The predicted molar refractivity (Wildman–Crippen MR) is 211 cm³/mol. The van der Waals surface area contributed by atoms with E-state index < -0.39 is 0 Å². The van der Waals surface area contributed by atoms with Crippen molar-refractivity contribution >= 4 is 60.7 Å². The summed E-state index contributed by atoms with van der Waals surface area (Å²) in [6.45, 7) is 0. The fraction of sp³-hybridized carbons (Fsp3) is 0. The molecular weight excluding hydrogens is 623 g/mol. The van der Waals surface area contributed by atoms with Crippen LogP contribution in [0.3, 0.4) is 0 Å². The van der Waals surface area contributed by atoms with Gasteiger partial charge in [-0.3, -0.25) is 0 Å². The predicted octanol–water partition coefficient (Wildman–Crippen LogP) is 12.9. The smallest absolute Gasteiger partial charge is 0.227 e. The summed E-state index contributed by atoms with van der Waals surface area (Å²) in [7, 11) is 0. The molecule has 4 nitrogen and oxygen atoms in total. The average molecular weight is 654 g/mol. The van der Waals surface area contributed by atoms with E-state index in [0.717, 1.165) is 39.4 Å². The van der Waals surface area contributed by atoms with Crippen molar-refractivity contribution in [2.45, 2.75) is 0 Å². The van der Waals surface area contributed by atoms with Crippen LogP contribution in [0.2, 0.25) is 0 Å². The molecule has 10 rings (SSSR count). The molecule has 2 aromatic heterocycles. The molecule has 0 unspecified atom stereocenters. The van der Waals surface area contributed by atoms with Crippen LogP contribution in [0.15, 0.2) is 192 Å². The second-order valence-electron chi connectivity index (χ2n) is 12.9. The van der Waals surface area contributed by atoms with Gasteiger partial charge in [0.25, 0.3) is 0 Å². The number of fused-ring (bicyclic) bond motifs is 5. The number of rotatable bonds is 6. The van der Waals surface area contributed by atoms with Crippen LogP contribution in [0, 0.1) is 0 Å². The summed E-state index contributed by atoms with van der Waals surface area (Å²) in [6.07, 6.45) is 0. The van der Waals surface area contributed by atoms with Gasteiger partial charge in [-0.1, -0.05) is 97.1 Å². The summed E-state index contributed by atoms with van der Waals surface area (Å²) >= 11 is 0. The molecule has 0 aliphatic heterocycles. The van der Waals surface area contributed by atoms with Crippen LogP contribution >= 0.6 is 0 Å². The topological polar surface area (TPSA) is 34.2 Å². The molecule has 0 saturated carbocycles. The molecule has 0 amide bonds. The Hall–Kier alpha value is -6.91. The molecule has 0 spiro atoms. The molecule has 0 fully saturated rings. The van der Waals surface area contributed by atoms with Crippen LogP contribution in [0.5, 0.6) is 0 Å². The zero-order valence-corrected chi connectivity index (χ0v) is 27.6. The Morgan fingerprint density at radius 2 is 1.06 bits per heavy atom. The maximum absolute atomic E-state index is 6.11. The number of hydrogen-bond acceptors (Lipinski definition) is 3. The minimum absolute atomic E-state index is 0.615. The molecule has 0 radical (unpaired) electrons. The molecule has 51 heavy (non-hydrogen) atoms. The van der Waals surface area contributed by atoms with Crippen LogP contribution in [-0.4, -0.2) is 9.55 Å². The van der Waals surface area contributed by atoms with Gasteiger partial charge in [0.1, 0.15) is 5.52 Å². The van der Waals surface area contributed by atoms with Gasteiger partial charge in [-0.2, -0.15) is 0 Å². The van der Waals surface area contributed by atoms with E-state index in [9.17, 15) is 0 Å². The average Bonchev–Trinajstić information content (AvgIpc) is 3.78. The summed E-state index contributed by atoms with van der Waals surface area (Å²) in [5.74, 6) is 0.615. The third-order valence-corrected chi connectivity index (χ3v) is 9.80. The Balaban J connectivity index is 1.11. The van der Waals surface area contributed by atoms with Gasteiger partial charge in [0, 0.05) is 39.1 Å². The summed E-state index contributed by atoms with van der Waals surface area (Å²) in [6, 6.07) is 66.5. The molecule has 0 bridgehead atoms. The first-order valence-electron chi connectivity index (χ1n) is 17.2. The largest absolute Gasteiger partial charge is 0.436 e. The van der Waals surface area contributed by atoms with Gasteiger partial charge in [0.2, 0.25) is 5.89 Å². The fourth-order valence-corrected chi connectivity index (χ4v) is 7.32. The first-order chi connectivity index (χ1) is 25.3. The maximum atomic E-state index is 6.11. The van der Waals surface area contributed by atoms with Crippen LogP contribution in [-0.2, 0) is 0 Å². The Kier molecular flexibility index (Phi) is 6.78. The summed E-state index contributed by atoms with van der Waals surface area (Å²) in [5, 5.41) is 4.90. The highest BCUT2D eigenvalue weighted by Gasteiger charge is 2.18. The minimum Gasteiger partial charge on any atom is -0.436 e. The van der Waals surface area contributed by atoms with Crippen LogP contribution in [0.4, 0.5) is 17.1 Å². The molecular formula is C47H31N3O. The van der Waals surface area contributed by atoms with Crippen molar-refractivity contribution in [1.82, 2.24) is 9.55 Å². The van der Waals surface area contributed by atoms with Gasteiger partial charge in [-0.15, -0.1) is 0 Å². The second-order valence-corrected chi connectivity index (χ2v) is 12.9. The molecule has 240 valence electrons. The van der Waals surface area contributed by atoms with E-state index in [4.69, 9.17) is 9.40 Å². The molecule has 4 heteroatoms. The van der Waals surface area contributed by atoms with Crippen molar-refractivity contribution in [3.05, 3.63) is 188 Å². The van der Waals surface area contributed by atoms with Crippen LogP contribution < -0.4 is 4.90 Å². The zero-order chi connectivity index (χ0) is 33.7. The lowest BCUT2D eigenvalue weighted by Gasteiger charge is -2.26. The van der Waals surface area contributed by atoms with E-state index in [1.807, 2.05) is 24.3 Å². The molecule has 0 aliphatic rings. The molecule has 0 saturated heterocycles. The van der Waals surface area contributed by atoms with Crippen LogP contribution in [0.25, 0.3) is 71.9 Å². The lowest BCUT2D eigenvalue weighted by atomic mass is 10.0. The highest BCUT2D eigenvalue weighted by atomic mass is 16.3. The summed E-state index contributed by atoms with van der Waals surface area (Å²) in [4.78, 5) is 7.07. The Labute approximate surface area is 295 Å². The number of para-hydroxylation sites is 4. The molecule has 2 heterocycles.